The number of fused-ring (bicyclic) bond motifs is 3. The zero-order chi connectivity index (χ0) is 18.3. The van der Waals surface area contributed by atoms with E-state index in [1.807, 2.05) is 6.07 Å². The second-order valence-corrected chi connectivity index (χ2v) is 8.72. The van der Waals surface area contributed by atoms with Crippen molar-refractivity contribution in [1.82, 2.24) is 9.97 Å². The summed E-state index contributed by atoms with van der Waals surface area (Å²) < 4.78 is 24.3. The van der Waals surface area contributed by atoms with E-state index in [2.05, 4.69) is 40.4 Å². The molecule has 0 saturated heterocycles. The van der Waals surface area contributed by atoms with E-state index in [9.17, 15) is 8.42 Å². The Balaban J connectivity index is 1.75. The maximum Gasteiger partial charge on any atom is 0.178 e. The van der Waals surface area contributed by atoms with E-state index in [1.54, 1.807) is 31.5 Å². The minimum atomic E-state index is -3.25. The van der Waals surface area contributed by atoms with Gasteiger partial charge in [0, 0.05) is 17.7 Å². The quantitative estimate of drug-likeness (QED) is 0.594. The molecule has 0 atom stereocenters. The summed E-state index contributed by atoms with van der Waals surface area (Å²) in [6.07, 6.45) is 2.33. The van der Waals surface area contributed by atoms with Crippen LogP contribution < -0.4 is 5.32 Å². The molecule has 1 aromatic heterocycles. The van der Waals surface area contributed by atoms with Gasteiger partial charge in [0.2, 0.25) is 0 Å². The molecule has 6 heteroatoms. The van der Waals surface area contributed by atoms with Gasteiger partial charge in [-0.15, -0.1) is 0 Å². The lowest BCUT2D eigenvalue weighted by Gasteiger charge is -2.12. The van der Waals surface area contributed by atoms with Crippen molar-refractivity contribution in [2.24, 2.45) is 0 Å². The molecule has 1 aliphatic carbocycles. The highest BCUT2D eigenvalue weighted by molar-refractivity contribution is 7.91. The van der Waals surface area contributed by atoms with Gasteiger partial charge in [0.15, 0.2) is 9.84 Å². The van der Waals surface area contributed by atoms with Gasteiger partial charge in [0.25, 0.3) is 0 Å². The number of hydrogen-bond acceptors (Lipinski definition) is 5. The number of sulfone groups is 1. The van der Waals surface area contributed by atoms with Crippen LogP contribution in [0.25, 0.3) is 11.1 Å². The predicted molar refractivity (Wildman–Crippen MR) is 102 cm³/mol. The zero-order valence-electron chi connectivity index (χ0n) is 14.7. The molecule has 4 rings (SSSR count). The van der Waals surface area contributed by atoms with E-state index < -0.39 is 9.84 Å². The summed E-state index contributed by atoms with van der Waals surface area (Å²) in [5.74, 6) is 0.773. The SMILES string of the molecule is CCS(=O)(=O)c1cccc(Nc2ncnc3c2-c2ccc(C)cc2C3)c1. The van der Waals surface area contributed by atoms with Gasteiger partial charge in [-0.25, -0.2) is 18.4 Å². The standard InChI is InChI=1S/C20H19N3O2S/c1-3-26(24,25)16-6-4-5-15(11-16)23-20-19-17-8-7-13(2)9-14(17)10-18(19)21-12-22-20/h4-9,11-12H,3,10H2,1-2H3,(H,21,22,23). The molecule has 1 N–H and O–H groups in total. The molecule has 0 amide bonds. The molecule has 2 aromatic carbocycles. The van der Waals surface area contributed by atoms with Gasteiger partial charge < -0.3 is 5.32 Å². The van der Waals surface area contributed by atoms with E-state index in [1.165, 1.54) is 11.1 Å². The molecule has 3 aromatic rings. The average molecular weight is 365 g/mol. The van der Waals surface area contributed by atoms with Crippen molar-refractivity contribution in [3.8, 4) is 11.1 Å². The van der Waals surface area contributed by atoms with E-state index >= 15 is 0 Å². The van der Waals surface area contributed by atoms with Gasteiger partial charge in [-0.05, 0) is 36.2 Å². The Labute approximate surface area is 153 Å². The van der Waals surface area contributed by atoms with Crippen LogP contribution in [0.5, 0.6) is 0 Å². The molecule has 5 nitrogen and oxygen atoms in total. The van der Waals surface area contributed by atoms with Crippen LogP contribution in [0, 0.1) is 6.92 Å². The normalized spacial score (nSPS) is 12.5. The highest BCUT2D eigenvalue weighted by Gasteiger charge is 2.24. The van der Waals surface area contributed by atoms with Crippen LogP contribution >= 0.6 is 0 Å². The average Bonchev–Trinajstić information content (AvgIpc) is 3.00. The summed E-state index contributed by atoms with van der Waals surface area (Å²) in [6.45, 7) is 3.72. The molecule has 0 fully saturated rings. The van der Waals surface area contributed by atoms with Crippen molar-refractivity contribution < 1.29 is 8.42 Å². The summed E-state index contributed by atoms with van der Waals surface area (Å²) in [6, 6.07) is 13.2. The number of nitrogens with zero attached hydrogens (tertiary/aromatic N) is 2. The number of nitrogens with one attached hydrogen (secondary N) is 1. The van der Waals surface area contributed by atoms with E-state index in [0.717, 1.165) is 23.2 Å². The summed E-state index contributed by atoms with van der Waals surface area (Å²) in [7, 11) is -3.25. The summed E-state index contributed by atoms with van der Waals surface area (Å²) in [5, 5.41) is 3.28. The summed E-state index contributed by atoms with van der Waals surface area (Å²) in [5.41, 5.74) is 6.26. The number of anilines is 2. The first-order chi connectivity index (χ1) is 12.5. The minimum absolute atomic E-state index is 0.0755. The number of aryl methyl sites for hydroxylation is 1. The van der Waals surface area contributed by atoms with Gasteiger partial charge in [-0.2, -0.15) is 0 Å². The number of benzene rings is 2. The second-order valence-electron chi connectivity index (χ2n) is 6.44. The zero-order valence-corrected chi connectivity index (χ0v) is 15.5. The van der Waals surface area contributed by atoms with Crippen LogP contribution in [0.3, 0.4) is 0 Å². The van der Waals surface area contributed by atoms with Crippen LogP contribution in [-0.4, -0.2) is 24.1 Å². The number of aromatic nitrogens is 2. The van der Waals surface area contributed by atoms with Crippen LogP contribution in [0.4, 0.5) is 11.5 Å². The molecule has 1 aliphatic rings. The van der Waals surface area contributed by atoms with Gasteiger partial charge >= 0.3 is 0 Å². The molecule has 132 valence electrons. The highest BCUT2D eigenvalue weighted by Crippen LogP contribution is 2.40. The Morgan fingerprint density at radius 2 is 1.96 bits per heavy atom. The first-order valence-corrected chi connectivity index (χ1v) is 10.2. The molecule has 0 spiro atoms. The van der Waals surface area contributed by atoms with Crippen LogP contribution in [0.15, 0.2) is 53.7 Å². The third-order valence-electron chi connectivity index (χ3n) is 4.65. The maximum absolute atomic E-state index is 12.1. The van der Waals surface area contributed by atoms with Gasteiger partial charge in [0.1, 0.15) is 12.1 Å². The van der Waals surface area contributed by atoms with E-state index in [-0.39, 0.29) is 5.75 Å². The Bertz CT molecular complexity index is 1110. The molecule has 26 heavy (non-hydrogen) atoms. The third kappa shape index (κ3) is 2.86. The number of hydrogen-bond donors (Lipinski definition) is 1. The molecule has 0 radical (unpaired) electrons. The van der Waals surface area contributed by atoms with Gasteiger partial charge in [0.05, 0.1) is 16.3 Å². The number of rotatable bonds is 4. The molecule has 0 unspecified atom stereocenters. The Kier molecular flexibility index (Phi) is 4.00. The van der Waals surface area contributed by atoms with Gasteiger partial charge in [-0.1, -0.05) is 36.8 Å². The molecule has 1 heterocycles. The monoisotopic (exact) mass is 365 g/mol. The van der Waals surface area contributed by atoms with Crippen molar-refractivity contribution in [3.05, 3.63) is 65.6 Å². The Morgan fingerprint density at radius 3 is 2.77 bits per heavy atom. The van der Waals surface area contributed by atoms with Crippen molar-refractivity contribution in [1.29, 1.82) is 0 Å². The molecule has 0 saturated carbocycles. The topological polar surface area (TPSA) is 72.0 Å². The molecular weight excluding hydrogens is 346 g/mol. The minimum Gasteiger partial charge on any atom is -0.340 e. The lowest BCUT2D eigenvalue weighted by atomic mass is 10.0. The fourth-order valence-electron chi connectivity index (χ4n) is 3.30. The predicted octanol–water partition coefficient (Wildman–Crippen LogP) is 3.89. The van der Waals surface area contributed by atoms with Crippen molar-refractivity contribution >= 4 is 21.3 Å². The first-order valence-electron chi connectivity index (χ1n) is 8.51. The van der Waals surface area contributed by atoms with Crippen LogP contribution in [0.1, 0.15) is 23.7 Å². The highest BCUT2D eigenvalue weighted by atomic mass is 32.2. The van der Waals surface area contributed by atoms with E-state index in [4.69, 9.17) is 0 Å². The van der Waals surface area contributed by atoms with Crippen LogP contribution in [0.2, 0.25) is 0 Å². The second kappa shape index (κ2) is 6.21. The van der Waals surface area contributed by atoms with Crippen molar-refractivity contribution in [3.63, 3.8) is 0 Å². The lowest BCUT2D eigenvalue weighted by molar-refractivity contribution is 0.597. The summed E-state index contributed by atoms with van der Waals surface area (Å²) >= 11 is 0. The molecule has 0 aliphatic heterocycles. The summed E-state index contributed by atoms with van der Waals surface area (Å²) in [4.78, 5) is 9.15. The Hall–Kier alpha value is -2.73. The molecular formula is C20H19N3O2S. The lowest BCUT2D eigenvalue weighted by Crippen LogP contribution is -2.04. The van der Waals surface area contributed by atoms with Crippen LogP contribution in [-0.2, 0) is 16.3 Å². The smallest absolute Gasteiger partial charge is 0.178 e. The van der Waals surface area contributed by atoms with Gasteiger partial charge in [-0.3, -0.25) is 0 Å². The van der Waals surface area contributed by atoms with Crippen molar-refractivity contribution in [2.75, 3.05) is 11.1 Å². The third-order valence-corrected chi connectivity index (χ3v) is 6.38. The maximum atomic E-state index is 12.1. The van der Waals surface area contributed by atoms with E-state index in [0.29, 0.717) is 16.4 Å². The Morgan fingerprint density at radius 1 is 1.12 bits per heavy atom. The fraction of sp³-hybridized carbons (Fsp3) is 0.200. The fourth-order valence-corrected chi connectivity index (χ4v) is 4.22. The molecule has 0 bridgehead atoms. The largest absolute Gasteiger partial charge is 0.340 e. The first kappa shape index (κ1) is 16.7. The van der Waals surface area contributed by atoms with Crippen molar-refractivity contribution in [2.45, 2.75) is 25.2 Å².